The largest absolute Gasteiger partial charge is 0.490 e. The number of benzene rings is 1. The number of carbonyl (C=O) groups excluding carboxylic acids is 1. The predicted octanol–water partition coefficient (Wildman–Crippen LogP) is 4.03. The molecule has 4 rings (SSSR count). The number of urea groups is 1. The monoisotopic (exact) mass is 345 g/mol. The molecule has 0 radical (unpaired) electrons. The molecule has 7 heteroatoms. The summed E-state index contributed by atoms with van der Waals surface area (Å²) in [5.74, 6) is 0.906. The topological polar surface area (TPSA) is 76.4 Å². The Hall–Kier alpha value is -2.57. The third kappa shape index (κ3) is 3.18. The van der Waals surface area contributed by atoms with E-state index in [-0.39, 0.29) is 17.8 Å². The molecule has 25 heavy (non-hydrogen) atoms. The number of hydrogen-bond acceptors (Lipinski definition) is 4. The molecule has 1 unspecified atom stereocenters. The summed E-state index contributed by atoms with van der Waals surface area (Å²) in [7, 11) is 0. The molecular weight excluding hydrogens is 325 g/mol. The highest BCUT2D eigenvalue weighted by molar-refractivity contribution is 5.90. The first-order valence-electron chi connectivity index (χ1n) is 8.58. The third-order valence-corrected chi connectivity index (χ3v) is 4.64. The van der Waals surface area contributed by atoms with Gasteiger partial charge in [0.25, 0.3) is 0 Å². The van der Waals surface area contributed by atoms with E-state index in [1.54, 1.807) is 19.1 Å². The van der Waals surface area contributed by atoms with Crippen molar-refractivity contribution in [2.24, 2.45) is 0 Å². The highest BCUT2D eigenvalue weighted by Crippen LogP contribution is 2.44. The van der Waals surface area contributed by atoms with Crippen LogP contribution >= 0.6 is 0 Å². The quantitative estimate of drug-likeness (QED) is 0.880. The first-order chi connectivity index (χ1) is 12.1. The lowest BCUT2D eigenvalue weighted by molar-refractivity contribution is 0.247. The number of rotatable bonds is 3. The summed E-state index contributed by atoms with van der Waals surface area (Å²) in [5, 5.41) is 9.73. The minimum Gasteiger partial charge on any atom is -0.490 e. The smallest absolute Gasteiger partial charge is 0.319 e. The van der Waals surface area contributed by atoms with Gasteiger partial charge in [-0.15, -0.1) is 0 Å². The van der Waals surface area contributed by atoms with E-state index in [9.17, 15) is 9.18 Å². The third-order valence-electron chi connectivity index (χ3n) is 4.64. The second-order valence-corrected chi connectivity index (χ2v) is 6.58. The van der Waals surface area contributed by atoms with Gasteiger partial charge in [0, 0.05) is 11.5 Å². The van der Waals surface area contributed by atoms with Gasteiger partial charge in [0.1, 0.15) is 11.4 Å². The highest BCUT2D eigenvalue weighted by atomic mass is 19.1. The van der Waals surface area contributed by atoms with Crippen LogP contribution in [0.4, 0.5) is 14.9 Å². The molecule has 2 heterocycles. The molecule has 1 aliphatic carbocycles. The molecule has 1 atom stereocenters. The molecule has 2 N–H and O–H groups in total. The van der Waals surface area contributed by atoms with E-state index < -0.39 is 5.82 Å². The molecule has 1 aliphatic heterocycles. The maximum absolute atomic E-state index is 14.0. The van der Waals surface area contributed by atoms with Crippen LogP contribution in [0.1, 0.15) is 54.7 Å². The van der Waals surface area contributed by atoms with Crippen molar-refractivity contribution < 1.29 is 18.4 Å². The van der Waals surface area contributed by atoms with Gasteiger partial charge in [0.15, 0.2) is 17.3 Å². The molecule has 1 aromatic heterocycles. The van der Waals surface area contributed by atoms with Crippen molar-refractivity contribution in [2.75, 3.05) is 11.9 Å². The van der Waals surface area contributed by atoms with Crippen LogP contribution in [-0.4, -0.2) is 17.8 Å². The Kier molecular flexibility index (Phi) is 4.07. The van der Waals surface area contributed by atoms with Gasteiger partial charge < -0.3 is 19.9 Å². The fraction of sp³-hybridized carbons (Fsp3) is 0.444. The lowest BCUT2D eigenvalue weighted by Crippen LogP contribution is -2.32. The number of hydrogen-bond donors (Lipinski definition) is 2. The van der Waals surface area contributed by atoms with E-state index in [0.717, 1.165) is 25.0 Å². The number of aryl methyl sites for hydroxylation is 1. The van der Waals surface area contributed by atoms with Crippen molar-refractivity contribution in [1.82, 2.24) is 10.5 Å². The van der Waals surface area contributed by atoms with Crippen molar-refractivity contribution in [2.45, 2.75) is 44.6 Å². The second-order valence-electron chi connectivity index (χ2n) is 6.58. The van der Waals surface area contributed by atoms with Crippen LogP contribution < -0.4 is 15.4 Å². The number of carbonyl (C=O) groups is 1. The van der Waals surface area contributed by atoms with Crippen molar-refractivity contribution in [3.8, 4) is 5.75 Å². The summed E-state index contributed by atoms with van der Waals surface area (Å²) in [5.41, 5.74) is 1.97. The number of aromatic nitrogens is 1. The van der Waals surface area contributed by atoms with Crippen LogP contribution in [0, 0.1) is 12.7 Å². The molecular formula is C18H20FN3O3. The van der Waals surface area contributed by atoms with Crippen molar-refractivity contribution in [3.63, 3.8) is 0 Å². The normalized spacial score (nSPS) is 19.5. The number of nitrogens with zero attached hydrogens (tertiary/aromatic N) is 1. The molecule has 132 valence electrons. The highest BCUT2D eigenvalue weighted by Gasteiger charge is 2.32. The Balaban J connectivity index is 1.52. The van der Waals surface area contributed by atoms with E-state index >= 15 is 0 Å². The Morgan fingerprint density at radius 2 is 2.16 bits per heavy atom. The first-order valence-corrected chi connectivity index (χ1v) is 8.58. The number of fused-ring (bicyclic) bond motifs is 1. The van der Waals surface area contributed by atoms with E-state index in [1.165, 1.54) is 6.07 Å². The van der Waals surface area contributed by atoms with Crippen molar-refractivity contribution >= 4 is 11.7 Å². The van der Waals surface area contributed by atoms with Crippen LogP contribution in [0.3, 0.4) is 0 Å². The maximum Gasteiger partial charge on any atom is 0.319 e. The number of para-hydroxylation sites is 1. The molecule has 2 aliphatic rings. The molecule has 0 bridgehead atoms. The van der Waals surface area contributed by atoms with E-state index in [2.05, 4.69) is 15.8 Å². The second kappa shape index (κ2) is 6.38. The summed E-state index contributed by atoms with van der Waals surface area (Å²) in [4.78, 5) is 12.5. The van der Waals surface area contributed by atoms with Gasteiger partial charge >= 0.3 is 6.03 Å². The summed E-state index contributed by atoms with van der Waals surface area (Å²) in [6, 6.07) is 4.12. The molecule has 1 aromatic carbocycles. The van der Waals surface area contributed by atoms with E-state index in [4.69, 9.17) is 9.26 Å². The lowest BCUT2D eigenvalue weighted by atomic mass is 10.0. The Morgan fingerprint density at radius 3 is 2.96 bits per heavy atom. The first kappa shape index (κ1) is 15.9. The zero-order chi connectivity index (χ0) is 17.4. The average molecular weight is 345 g/mol. The predicted molar refractivity (Wildman–Crippen MR) is 89.2 cm³/mol. The standard InChI is InChI=1S/C18H20FN3O3/c1-10-15(16(25-22-10)11-7-8-11)21-18(23)20-14-6-3-9-24-17-12(14)4-2-5-13(17)19/h2,4-5,11,14H,3,6-9H2,1H3,(H2,20,21,23). The van der Waals surface area contributed by atoms with Crippen molar-refractivity contribution in [3.05, 3.63) is 41.0 Å². The summed E-state index contributed by atoms with van der Waals surface area (Å²) < 4.78 is 24.8. The van der Waals surface area contributed by atoms with Crippen LogP contribution in [0.5, 0.6) is 5.75 Å². The summed E-state index contributed by atoms with van der Waals surface area (Å²) in [6.07, 6.45) is 3.52. The lowest BCUT2D eigenvalue weighted by Gasteiger charge is -2.19. The molecule has 0 saturated heterocycles. The fourth-order valence-corrected chi connectivity index (χ4v) is 3.19. The molecule has 0 spiro atoms. The van der Waals surface area contributed by atoms with E-state index in [1.807, 2.05) is 0 Å². The summed E-state index contributed by atoms with van der Waals surface area (Å²) >= 11 is 0. The maximum atomic E-state index is 14.0. The van der Waals surface area contributed by atoms with Crippen LogP contribution in [0.2, 0.25) is 0 Å². The number of halogens is 1. The fourth-order valence-electron chi connectivity index (χ4n) is 3.19. The molecule has 6 nitrogen and oxygen atoms in total. The minimum atomic E-state index is -0.405. The minimum absolute atomic E-state index is 0.227. The van der Waals surface area contributed by atoms with Gasteiger partial charge in [-0.3, -0.25) is 0 Å². The molecule has 2 amide bonds. The van der Waals surface area contributed by atoms with Gasteiger partial charge in [-0.1, -0.05) is 17.3 Å². The SMILES string of the molecule is Cc1noc(C2CC2)c1NC(=O)NC1CCCOc2c(F)cccc21. The number of ether oxygens (including phenoxy) is 1. The van der Waals surface area contributed by atoms with Gasteiger partial charge in [0.05, 0.1) is 12.6 Å². The molecule has 1 fully saturated rings. The van der Waals surface area contributed by atoms with Crippen LogP contribution in [0.25, 0.3) is 0 Å². The molecule has 2 aromatic rings. The Morgan fingerprint density at radius 1 is 1.32 bits per heavy atom. The van der Waals surface area contributed by atoms with Crippen LogP contribution in [-0.2, 0) is 0 Å². The zero-order valence-electron chi connectivity index (χ0n) is 14.0. The number of amides is 2. The Labute approximate surface area is 144 Å². The number of anilines is 1. The van der Waals surface area contributed by atoms with E-state index in [0.29, 0.717) is 35.9 Å². The molecule has 1 saturated carbocycles. The van der Waals surface area contributed by atoms with Gasteiger partial charge in [-0.05, 0) is 38.7 Å². The van der Waals surface area contributed by atoms with Crippen molar-refractivity contribution in [1.29, 1.82) is 0 Å². The van der Waals surface area contributed by atoms with Gasteiger partial charge in [-0.2, -0.15) is 0 Å². The van der Waals surface area contributed by atoms with Gasteiger partial charge in [0.2, 0.25) is 0 Å². The zero-order valence-corrected chi connectivity index (χ0v) is 14.0. The van der Waals surface area contributed by atoms with Crippen LogP contribution in [0.15, 0.2) is 22.7 Å². The summed E-state index contributed by atoms with van der Waals surface area (Å²) in [6.45, 7) is 2.24. The number of nitrogens with one attached hydrogen (secondary N) is 2. The Bertz CT molecular complexity index is 801. The average Bonchev–Trinajstić information content (AvgIpc) is 3.38. The van der Waals surface area contributed by atoms with Gasteiger partial charge in [-0.25, -0.2) is 9.18 Å².